The van der Waals surface area contributed by atoms with E-state index in [0.29, 0.717) is 5.56 Å². The first-order valence-electron chi connectivity index (χ1n) is 8.41. The number of thioether (sulfide) groups is 1. The first-order chi connectivity index (χ1) is 13.4. The van der Waals surface area contributed by atoms with Gasteiger partial charge in [-0.2, -0.15) is 0 Å². The molecule has 144 valence electrons. The highest BCUT2D eigenvalue weighted by atomic mass is 32.2. The summed E-state index contributed by atoms with van der Waals surface area (Å²) in [7, 11) is 0. The highest BCUT2D eigenvalue weighted by Gasteiger charge is 2.34. The molecule has 0 aromatic heterocycles. The Labute approximate surface area is 164 Å². The first kappa shape index (κ1) is 19.8. The maximum absolute atomic E-state index is 13.7. The van der Waals surface area contributed by atoms with Crippen molar-refractivity contribution in [1.29, 1.82) is 0 Å². The Morgan fingerprint density at radius 3 is 2.61 bits per heavy atom. The Morgan fingerprint density at radius 2 is 1.89 bits per heavy atom. The number of imide groups is 1. The van der Waals surface area contributed by atoms with E-state index < -0.39 is 28.7 Å². The molecule has 0 saturated carbocycles. The maximum atomic E-state index is 13.7. The molecule has 3 amide bonds. The highest BCUT2D eigenvalue weighted by Crippen LogP contribution is 2.32. The number of nitrogens with one attached hydrogen (secondary N) is 1. The van der Waals surface area contributed by atoms with Gasteiger partial charge in [0.25, 0.3) is 17.1 Å². The summed E-state index contributed by atoms with van der Waals surface area (Å²) in [6.45, 7) is 1.57. The third-order valence-corrected chi connectivity index (χ3v) is 5.01. The molecule has 1 heterocycles. The van der Waals surface area contributed by atoms with E-state index >= 15 is 0 Å². The van der Waals surface area contributed by atoms with E-state index in [2.05, 4.69) is 5.32 Å². The van der Waals surface area contributed by atoms with Crippen LogP contribution >= 0.6 is 11.8 Å². The van der Waals surface area contributed by atoms with Crippen LogP contribution in [-0.4, -0.2) is 35.0 Å². The van der Waals surface area contributed by atoms with Crippen molar-refractivity contribution in [2.24, 2.45) is 0 Å². The second kappa shape index (κ2) is 8.35. The molecule has 3 rings (SSSR count). The predicted molar refractivity (Wildman–Crippen MR) is 103 cm³/mol. The van der Waals surface area contributed by atoms with Gasteiger partial charge in [-0.1, -0.05) is 18.2 Å². The number of benzene rings is 2. The number of amides is 3. The SMILES string of the molecule is Cc1cc(C(=O)NCCN2C(=O)SC(=Cc3ccccc3F)C2=O)ccc1F. The minimum Gasteiger partial charge on any atom is -0.350 e. The second-order valence-electron chi connectivity index (χ2n) is 6.07. The lowest BCUT2D eigenvalue weighted by Gasteiger charge is -2.13. The van der Waals surface area contributed by atoms with Crippen LogP contribution < -0.4 is 5.32 Å². The fourth-order valence-corrected chi connectivity index (χ4v) is 3.45. The van der Waals surface area contributed by atoms with Crippen LogP contribution in [0.3, 0.4) is 0 Å². The number of hydrogen-bond acceptors (Lipinski definition) is 4. The van der Waals surface area contributed by atoms with Gasteiger partial charge in [0.15, 0.2) is 0 Å². The van der Waals surface area contributed by atoms with Gasteiger partial charge >= 0.3 is 0 Å². The third-order valence-electron chi connectivity index (χ3n) is 4.11. The molecule has 0 bridgehead atoms. The zero-order valence-electron chi connectivity index (χ0n) is 14.9. The van der Waals surface area contributed by atoms with Crippen LogP contribution in [0.2, 0.25) is 0 Å². The molecule has 1 N–H and O–H groups in total. The monoisotopic (exact) mass is 402 g/mol. The van der Waals surface area contributed by atoms with Gasteiger partial charge in [-0.05, 0) is 54.6 Å². The smallest absolute Gasteiger partial charge is 0.293 e. The quantitative estimate of drug-likeness (QED) is 0.774. The third kappa shape index (κ3) is 4.28. The lowest BCUT2D eigenvalue weighted by Crippen LogP contribution is -2.37. The van der Waals surface area contributed by atoms with Crippen LogP contribution in [0, 0.1) is 18.6 Å². The Bertz CT molecular complexity index is 991. The van der Waals surface area contributed by atoms with Crippen molar-refractivity contribution in [3.05, 3.63) is 75.7 Å². The molecule has 0 atom stereocenters. The van der Waals surface area contributed by atoms with Crippen molar-refractivity contribution in [2.75, 3.05) is 13.1 Å². The number of nitrogens with zero attached hydrogens (tertiary/aromatic N) is 1. The molecular formula is C20H16F2N2O3S. The zero-order chi connectivity index (χ0) is 20.3. The highest BCUT2D eigenvalue weighted by molar-refractivity contribution is 8.18. The fourth-order valence-electron chi connectivity index (χ4n) is 2.60. The van der Waals surface area contributed by atoms with E-state index in [4.69, 9.17) is 0 Å². The summed E-state index contributed by atoms with van der Waals surface area (Å²) in [5.74, 6) is -1.87. The van der Waals surface area contributed by atoms with Crippen LogP contribution in [0.1, 0.15) is 21.5 Å². The van der Waals surface area contributed by atoms with Crippen LogP contribution in [0.4, 0.5) is 13.6 Å². The van der Waals surface area contributed by atoms with E-state index in [1.165, 1.54) is 42.5 Å². The summed E-state index contributed by atoms with van der Waals surface area (Å²) in [6, 6.07) is 9.91. The summed E-state index contributed by atoms with van der Waals surface area (Å²) < 4.78 is 27.0. The van der Waals surface area contributed by atoms with Crippen LogP contribution in [0.25, 0.3) is 6.08 Å². The summed E-state index contributed by atoms with van der Waals surface area (Å²) in [6.07, 6.45) is 1.33. The number of halogens is 2. The molecule has 5 nitrogen and oxygen atoms in total. The van der Waals surface area contributed by atoms with E-state index in [0.717, 1.165) is 16.7 Å². The molecule has 0 unspecified atom stereocenters. The standard InChI is InChI=1S/C20H16F2N2O3S/c1-12-10-14(6-7-15(12)21)18(25)23-8-9-24-19(26)17(28-20(24)27)11-13-4-2-3-5-16(13)22/h2-7,10-11H,8-9H2,1H3,(H,23,25). The molecule has 1 aliphatic heterocycles. The number of rotatable bonds is 5. The van der Waals surface area contributed by atoms with Crippen molar-refractivity contribution in [1.82, 2.24) is 10.2 Å². The van der Waals surface area contributed by atoms with Gasteiger partial charge in [0, 0.05) is 24.2 Å². The maximum Gasteiger partial charge on any atom is 0.293 e. The Hall–Kier alpha value is -3.00. The molecule has 1 saturated heterocycles. The first-order valence-corrected chi connectivity index (χ1v) is 9.22. The molecule has 0 spiro atoms. The van der Waals surface area contributed by atoms with Gasteiger partial charge in [-0.15, -0.1) is 0 Å². The molecule has 1 fully saturated rings. The molecule has 2 aromatic rings. The number of aryl methyl sites for hydroxylation is 1. The molecule has 0 aliphatic carbocycles. The fraction of sp³-hybridized carbons (Fsp3) is 0.150. The van der Waals surface area contributed by atoms with Gasteiger partial charge < -0.3 is 5.32 Å². The molecular weight excluding hydrogens is 386 g/mol. The van der Waals surface area contributed by atoms with Gasteiger partial charge in [0.2, 0.25) is 0 Å². The van der Waals surface area contributed by atoms with E-state index in [1.807, 2.05) is 0 Å². The van der Waals surface area contributed by atoms with E-state index in [1.54, 1.807) is 13.0 Å². The average Bonchev–Trinajstić information content (AvgIpc) is 2.93. The molecule has 28 heavy (non-hydrogen) atoms. The van der Waals surface area contributed by atoms with Gasteiger partial charge in [0.05, 0.1) is 4.91 Å². The number of carbonyl (C=O) groups excluding carboxylic acids is 3. The molecule has 8 heteroatoms. The number of carbonyl (C=O) groups is 3. The predicted octanol–water partition coefficient (Wildman–Crippen LogP) is 3.74. The van der Waals surface area contributed by atoms with Crippen molar-refractivity contribution in [3.63, 3.8) is 0 Å². The van der Waals surface area contributed by atoms with E-state index in [-0.39, 0.29) is 29.1 Å². The minimum absolute atomic E-state index is 0.0226. The van der Waals surface area contributed by atoms with E-state index in [9.17, 15) is 23.2 Å². The summed E-state index contributed by atoms with van der Waals surface area (Å²) in [5, 5.41) is 2.10. The van der Waals surface area contributed by atoms with Gasteiger partial charge in [-0.3, -0.25) is 19.3 Å². The normalized spacial score (nSPS) is 15.4. The summed E-state index contributed by atoms with van der Waals surface area (Å²) in [4.78, 5) is 37.7. The Kier molecular flexibility index (Phi) is 5.89. The number of hydrogen-bond donors (Lipinski definition) is 1. The summed E-state index contributed by atoms with van der Waals surface area (Å²) in [5.41, 5.74) is 0.845. The molecule has 2 aromatic carbocycles. The molecule has 1 aliphatic rings. The van der Waals surface area contributed by atoms with Crippen LogP contribution in [0.15, 0.2) is 47.4 Å². The van der Waals surface area contributed by atoms with Gasteiger partial charge in [-0.25, -0.2) is 8.78 Å². The second-order valence-corrected chi connectivity index (χ2v) is 7.07. The topological polar surface area (TPSA) is 66.5 Å². The lowest BCUT2D eigenvalue weighted by molar-refractivity contribution is -0.122. The van der Waals surface area contributed by atoms with Gasteiger partial charge in [0.1, 0.15) is 11.6 Å². The van der Waals surface area contributed by atoms with Crippen LogP contribution in [0.5, 0.6) is 0 Å². The Morgan fingerprint density at radius 1 is 1.14 bits per heavy atom. The minimum atomic E-state index is -0.537. The van der Waals surface area contributed by atoms with Crippen molar-refractivity contribution >= 4 is 34.9 Å². The zero-order valence-corrected chi connectivity index (χ0v) is 15.7. The largest absolute Gasteiger partial charge is 0.350 e. The van der Waals surface area contributed by atoms with Crippen molar-refractivity contribution < 1.29 is 23.2 Å². The van der Waals surface area contributed by atoms with Crippen molar-refractivity contribution in [2.45, 2.75) is 6.92 Å². The summed E-state index contributed by atoms with van der Waals surface area (Å²) >= 11 is 0.722. The average molecular weight is 402 g/mol. The lowest BCUT2D eigenvalue weighted by atomic mass is 10.1. The Balaban J connectivity index is 1.61. The molecule has 0 radical (unpaired) electrons. The van der Waals surface area contributed by atoms with Crippen molar-refractivity contribution in [3.8, 4) is 0 Å². The van der Waals surface area contributed by atoms with Crippen LogP contribution in [-0.2, 0) is 4.79 Å².